The van der Waals surface area contributed by atoms with Crippen LogP contribution in [-0.4, -0.2) is 29.0 Å². The van der Waals surface area contributed by atoms with E-state index in [0.717, 1.165) is 4.88 Å². The van der Waals surface area contributed by atoms with Crippen LogP contribution in [0.25, 0.3) is 19.5 Å². The Kier molecular flexibility index (Phi) is 4.10. The quantitative estimate of drug-likeness (QED) is 0.536. The molecule has 0 aliphatic carbocycles. The van der Waals surface area contributed by atoms with Gasteiger partial charge in [0, 0.05) is 40.3 Å². The van der Waals surface area contributed by atoms with E-state index in [1.807, 2.05) is 18.2 Å². The first kappa shape index (κ1) is 15.0. The third kappa shape index (κ3) is 2.95. The lowest BCUT2D eigenvalue weighted by Gasteiger charge is -2.05. The highest BCUT2D eigenvalue weighted by Crippen LogP contribution is 2.39. The molecule has 0 aliphatic rings. The Hall–Kier alpha value is -2.51. The minimum Gasteiger partial charge on any atom is -0.367 e. The summed E-state index contributed by atoms with van der Waals surface area (Å²) in [5.41, 5.74) is 0. The summed E-state index contributed by atoms with van der Waals surface area (Å²) in [6, 6.07) is 10.3. The average molecular weight is 354 g/mol. The lowest BCUT2D eigenvalue weighted by atomic mass is 10.2. The van der Waals surface area contributed by atoms with Crippen molar-refractivity contribution in [1.82, 2.24) is 15.3 Å². The van der Waals surface area contributed by atoms with Crippen LogP contribution in [0.15, 0.2) is 48.9 Å². The average Bonchev–Trinajstić information content (AvgIpc) is 3.17. The molecule has 0 atom stereocenters. The summed E-state index contributed by atoms with van der Waals surface area (Å²) in [5, 5.41) is 7.28. The van der Waals surface area contributed by atoms with E-state index in [-0.39, 0.29) is 5.91 Å². The number of aromatic nitrogens is 2. The van der Waals surface area contributed by atoms with Crippen LogP contribution < -0.4 is 10.6 Å². The minimum absolute atomic E-state index is 0.0339. The number of carbonyl (C=O) groups excluding carboxylic acids is 1. The number of nitrogens with zero attached hydrogens (tertiary/aromatic N) is 2. The number of thiophene rings is 2. The van der Waals surface area contributed by atoms with Crippen molar-refractivity contribution >= 4 is 53.9 Å². The molecule has 5 nitrogen and oxygen atoms in total. The molecule has 0 aliphatic heterocycles. The zero-order valence-corrected chi connectivity index (χ0v) is 14.3. The number of fused-ring (bicyclic) bond motifs is 3. The lowest BCUT2D eigenvalue weighted by Crippen LogP contribution is -2.28. The molecule has 0 saturated heterocycles. The van der Waals surface area contributed by atoms with Crippen molar-refractivity contribution in [3.63, 3.8) is 0 Å². The fourth-order valence-electron chi connectivity index (χ4n) is 2.46. The van der Waals surface area contributed by atoms with Crippen molar-refractivity contribution in [3.8, 4) is 0 Å². The summed E-state index contributed by atoms with van der Waals surface area (Å²) in [6.45, 7) is 1.13. The van der Waals surface area contributed by atoms with E-state index >= 15 is 0 Å². The van der Waals surface area contributed by atoms with Crippen LogP contribution in [0.2, 0.25) is 0 Å². The molecule has 24 heavy (non-hydrogen) atoms. The van der Waals surface area contributed by atoms with Gasteiger partial charge in [-0.1, -0.05) is 18.2 Å². The molecule has 0 unspecified atom stereocenters. The van der Waals surface area contributed by atoms with Crippen molar-refractivity contribution in [2.75, 3.05) is 18.4 Å². The zero-order chi connectivity index (χ0) is 16.4. The molecule has 0 spiro atoms. The number of hydrogen-bond donors (Lipinski definition) is 2. The smallest absolute Gasteiger partial charge is 0.261 e. The van der Waals surface area contributed by atoms with E-state index in [0.29, 0.717) is 18.9 Å². The Morgan fingerprint density at radius 3 is 2.88 bits per heavy atom. The number of amides is 1. The number of benzene rings is 1. The molecule has 120 valence electrons. The molecule has 0 radical (unpaired) electrons. The summed E-state index contributed by atoms with van der Waals surface area (Å²) < 4.78 is 3.63. The Morgan fingerprint density at radius 2 is 2.00 bits per heavy atom. The summed E-state index contributed by atoms with van der Waals surface area (Å²) >= 11 is 3.28. The van der Waals surface area contributed by atoms with E-state index in [2.05, 4.69) is 32.7 Å². The van der Waals surface area contributed by atoms with Crippen LogP contribution in [0.4, 0.5) is 5.82 Å². The number of anilines is 1. The van der Waals surface area contributed by atoms with Gasteiger partial charge in [-0.3, -0.25) is 9.78 Å². The molecule has 1 amide bonds. The van der Waals surface area contributed by atoms with E-state index in [1.54, 1.807) is 41.3 Å². The fourth-order valence-corrected chi connectivity index (χ4v) is 4.90. The van der Waals surface area contributed by atoms with Gasteiger partial charge in [-0.2, -0.15) is 0 Å². The molecule has 4 aromatic rings. The Morgan fingerprint density at radius 1 is 1.08 bits per heavy atom. The van der Waals surface area contributed by atoms with Crippen molar-refractivity contribution < 1.29 is 4.79 Å². The molecule has 0 fully saturated rings. The summed E-state index contributed by atoms with van der Waals surface area (Å²) in [4.78, 5) is 21.2. The van der Waals surface area contributed by atoms with Crippen molar-refractivity contribution in [2.45, 2.75) is 0 Å². The van der Waals surface area contributed by atoms with E-state index in [1.165, 1.54) is 19.5 Å². The van der Waals surface area contributed by atoms with E-state index < -0.39 is 0 Å². The highest BCUT2D eigenvalue weighted by Gasteiger charge is 2.13. The Balaban J connectivity index is 1.40. The molecular weight excluding hydrogens is 340 g/mol. The largest absolute Gasteiger partial charge is 0.367 e. The van der Waals surface area contributed by atoms with Crippen molar-refractivity contribution in [3.05, 3.63) is 53.8 Å². The second-order valence-electron chi connectivity index (χ2n) is 5.18. The summed E-state index contributed by atoms with van der Waals surface area (Å²) in [5.74, 6) is 0.670. The zero-order valence-electron chi connectivity index (χ0n) is 12.7. The molecule has 1 aromatic carbocycles. The number of nitrogens with one attached hydrogen (secondary N) is 2. The molecule has 0 saturated carbocycles. The van der Waals surface area contributed by atoms with Gasteiger partial charge in [0.05, 0.1) is 15.8 Å². The highest BCUT2D eigenvalue weighted by molar-refractivity contribution is 7.33. The van der Waals surface area contributed by atoms with Gasteiger partial charge in [-0.15, -0.1) is 22.7 Å². The number of hydrogen-bond acceptors (Lipinski definition) is 6. The number of carbonyl (C=O) groups is 1. The Labute approximate surface area is 146 Å². The van der Waals surface area contributed by atoms with Crippen molar-refractivity contribution in [1.29, 1.82) is 0 Å². The van der Waals surface area contributed by atoms with E-state index in [9.17, 15) is 4.79 Å². The Bertz CT molecular complexity index is 994. The van der Waals surface area contributed by atoms with Gasteiger partial charge in [0.2, 0.25) is 0 Å². The van der Waals surface area contributed by atoms with Crippen LogP contribution >= 0.6 is 22.7 Å². The van der Waals surface area contributed by atoms with Gasteiger partial charge < -0.3 is 10.6 Å². The predicted octanol–water partition coefficient (Wildman–Crippen LogP) is 3.75. The topological polar surface area (TPSA) is 66.9 Å². The summed E-state index contributed by atoms with van der Waals surface area (Å²) in [7, 11) is 0. The first-order valence-electron chi connectivity index (χ1n) is 7.50. The maximum atomic E-state index is 12.3. The SMILES string of the molecule is O=C(NCCNc1cnccn1)c1cc2sc3ccccc3c2s1. The second-order valence-corrected chi connectivity index (χ2v) is 7.31. The van der Waals surface area contributed by atoms with Gasteiger partial charge >= 0.3 is 0 Å². The highest BCUT2D eigenvalue weighted by atomic mass is 32.1. The van der Waals surface area contributed by atoms with Crippen LogP contribution in [0.1, 0.15) is 9.67 Å². The lowest BCUT2D eigenvalue weighted by molar-refractivity contribution is 0.0959. The maximum Gasteiger partial charge on any atom is 0.261 e. The van der Waals surface area contributed by atoms with Crippen LogP contribution in [0, 0.1) is 0 Å². The normalized spacial score (nSPS) is 11.0. The molecule has 3 heterocycles. The predicted molar refractivity (Wildman–Crippen MR) is 100 cm³/mol. The second kappa shape index (κ2) is 6.54. The third-order valence-corrected chi connectivity index (χ3v) is 5.97. The first-order valence-corrected chi connectivity index (χ1v) is 9.14. The maximum absolute atomic E-state index is 12.3. The molecule has 0 bridgehead atoms. The monoisotopic (exact) mass is 354 g/mol. The standard InChI is InChI=1S/C17H14N4OS2/c22-17(21-8-7-20-15-10-18-5-6-19-15)14-9-13-16(24-14)11-3-1-2-4-12(11)23-13/h1-6,9-10H,7-8H2,(H,19,20)(H,21,22). The third-order valence-electron chi connectivity index (χ3n) is 3.55. The summed E-state index contributed by atoms with van der Waals surface area (Å²) in [6.07, 6.45) is 4.91. The molecule has 2 N–H and O–H groups in total. The van der Waals surface area contributed by atoms with Gasteiger partial charge in [-0.25, -0.2) is 4.98 Å². The van der Waals surface area contributed by atoms with Crippen LogP contribution in [0.5, 0.6) is 0 Å². The fraction of sp³-hybridized carbons (Fsp3) is 0.118. The molecule has 3 aromatic heterocycles. The van der Waals surface area contributed by atoms with Gasteiger partial charge in [0.25, 0.3) is 5.91 Å². The minimum atomic E-state index is -0.0339. The molecule has 4 rings (SSSR count). The van der Waals surface area contributed by atoms with Gasteiger partial charge in [0.15, 0.2) is 0 Å². The van der Waals surface area contributed by atoms with Gasteiger partial charge in [0.1, 0.15) is 5.82 Å². The van der Waals surface area contributed by atoms with Crippen LogP contribution in [0.3, 0.4) is 0 Å². The van der Waals surface area contributed by atoms with Crippen LogP contribution in [-0.2, 0) is 0 Å². The molecule has 7 heteroatoms. The molecular formula is C17H14N4OS2. The first-order chi connectivity index (χ1) is 11.8. The number of rotatable bonds is 5. The van der Waals surface area contributed by atoms with Crippen molar-refractivity contribution in [2.24, 2.45) is 0 Å². The van der Waals surface area contributed by atoms with Gasteiger partial charge in [-0.05, 0) is 12.1 Å². The van der Waals surface area contributed by atoms with E-state index in [4.69, 9.17) is 0 Å².